The molecule has 0 fully saturated rings. The van der Waals surface area contributed by atoms with Crippen LogP contribution < -0.4 is 10.1 Å². The van der Waals surface area contributed by atoms with Crippen molar-refractivity contribution in [3.05, 3.63) is 48.4 Å². The Morgan fingerprint density at radius 3 is 2.83 bits per heavy atom. The molecule has 5 nitrogen and oxygen atoms in total. The molecule has 18 heavy (non-hydrogen) atoms. The first kappa shape index (κ1) is 10.7. The topological polar surface area (TPSA) is 59.4 Å². The highest BCUT2D eigenvalue weighted by Crippen LogP contribution is 2.15. The van der Waals surface area contributed by atoms with Crippen molar-refractivity contribution in [3.8, 4) is 5.75 Å². The van der Waals surface area contributed by atoms with Gasteiger partial charge in [-0.2, -0.15) is 0 Å². The molecule has 0 spiro atoms. The lowest BCUT2D eigenvalue weighted by Crippen LogP contribution is -2.25. The van der Waals surface area contributed by atoms with Gasteiger partial charge in [0.15, 0.2) is 5.82 Å². The number of fused-ring (bicyclic) bond motifs is 1. The molecule has 0 aliphatic carbocycles. The van der Waals surface area contributed by atoms with Gasteiger partial charge >= 0.3 is 0 Å². The fourth-order valence-corrected chi connectivity index (χ4v) is 1.68. The Balaban J connectivity index is 1.64. The van der Waals surface area contributed by atoms with E-state index in [9.17, 15) is 0 Å². The zero-order valence-electron chi connectivity index (χ0n) is 9.71. The summed E-state index contributed by atoms with van der Waals surface area (Å²) in [6.07, 6.45) is 3.33. The second kappa shape index (κ2) is 4.83. The number of rotatable bonds is 3. The third-order valence-corrected chi connectivity index (χ3v) is 2.58. The first-order valence-corrected chi connectivity index (χ1v) is 5.70. The third kappa shape index (κ3) is 2.29. The number of nitrogens with zero attached hydrogens (tertiary/aromatic N) is 3. The Morgan fingerprint density at radius 2 is 1.94 bits per heavy atom. The van der Waals surface area contributed by atoms with Gasteiger partial charge in [-0.05, 0) is 12.1 Å². The predicted octanol–water partition coefficient (Wildman–Crippen LogP) is 1.88. The van der Waals surface area contributed by atoms with Gasteiger partial charge in [0, 0.05) is 12.4 Å². The van der Waals surface area contributed by atoms with Crippen LogP contribution in [-0.2, 0) is 6.54 Å². The standard InChI is InChI=1S/C13H12N4O/c1-2-4-10(5-3-1)18-9-12-16-8-11-13(17-12)15-7-6-14-11/h1-7H,8-9H2,(H,15,16,17). The zero-order chi connectivity index (χ0) is 12.2. The molecular weight excluding hydrogens is 228 g/mol. The van der Waals surface area contributed by atoms with Crippen LogP contribution >= 0.6 is 0 Å². The van der Waals surface area contributed by atoms with Crippen molar-refractivity contribution in [2.45, 2.75) is 6.54 Å². The Bertz CT molecular complexity index is 568. The Hall–Kier alpha value is -2.43. The van der Waals surface area contributed by atoms with E-state index in [0.717, 1.165) is 23.1 Å². The Labute approximate surface area is 105 Å². The van der Waals surface area contributed by atoms with Crippen LogP contribution in [0.4, 0.5) is 5.82 Å². The van der Waals surface area contributed by atoms with E-state index in [4.69, 9.17) is 4.74 Å². The van der Waals surface area contributed by atoms with Crippen molar-refractivity contribution in [1.29, 1.82) is 0 Å². The largest absolute Gasteiger partial charge is 0.486 e. The number of hydrogen-bond acceptors (Lipinski definition) is 5. The molecule has 2 heterocycles. The second-order valence-electron chi connectivity index (χ2n) is 3.84. The molecule has 0 amide bonds. The Kier molecular flexibility index (Phi) is 2.87. The smallest absolute Gasteiger partial charge is 0.155 e. The average Bonchev–Trinajstić information content (AvgIpc) is 2.46. The number of para-hydroxylation sites is 1. The van der Waals surface area contributed by atoms with E-state index in [1.165, 1.54) is 0 Å². The minimum absolute atomic E-state index is 0.403. The van der Waals surface area contributed by atoms with Gasteiger partial charge in [0.1, 0.15) is 23.9 Å². The predicted molar refractivity (Wildman–Crippen MR) is 68.7 cm³/mol. The number of anilines is 1. The number of ether oxygens (including phenoxy) is 1. The summed E-state index contributed by atoms with van der Waals surface area (Å²) in [6, 6.07) is 9.65. The van der Waals surface area contributed by atoms with Crippen LogP contribution in [-0.4, -0.2) is 22.4 Å². The highest BCUT2D eigenvalue weighted by Gasteiger charge is 2.13. The van der Waals surface area contributed by atoms with E-state index in [0.29, 0.717) is 13.2 Å². The molecule has 1 aromatic heterocycles. The molecule has 1 aromatic carbocycles. The van der Waals surface area contributed by atoms with Crippen molar-refractivity contribution in [2.75, 3.05) is 11.9 Å². The highest BCUT2D eigenvalue weighted by molar-refractivity contribution is 5.97. The lowest BCUT2D eigenvalue weighted by molar-refractivity contribution is 0.375. The SMILES string of the molecule is c1ccc(OCC2=NCc3nccnc3N2)cc1. The van der Waals surface area contributed by atoms with E-state index in [2.05, 4.69) is 20.3 Å². The number of nitrogens with one attached hydrogen (secondary N) is 1. The highest BCUT2D eigenvalue weighted by atomic mass is 16.5. The maximum Gasteiger partial charge on any atom is 0.155 e. The summed E-state index contributed by atoms with van der Waals surface area (Å²) in [5.41, 5.74) is 0.862. The summed E-state index contributed by atoms with van der Waals surface area (Å²) in [5, 5.41) is 3.12. The molecule has 1 aliphatic rings. The van der Waals surface area contributed by atoms with Crippen molar-refractivity contribution >= 4 is 11.7 Å². The van der Waals surface area contributed by atoms with Crippen LogP contribution in [0.2, 0.25) is 0 Å². The van der Waals surface area contributed by atoms with E-state index in [-0.39, 0.29) is 0 Å². The molecular formula is C13H12N4O. The fourth-order valence-electron chi connectivity index (χ4n) is 1.68. The van der Waals surface area contributed by atoms with Crippen molar-refractivity contribution in [2.24, 2.45) is 4.99 Å². The van der Waals surface area contributed by atoms with E-state index in [1.54, 1.807) is 12.4 Å². The molecule has 3 rings (SSSR count). The van der Waals surface area contributed by atoms with E-state index < -0.39 is 0 Å². The molecule has 1 aliphatic heterocycles. The summed E-state index contributed by atoms with van der Waals surface area (Å²) in [7, 11) is 0. The number of aromatic nitrogens is 2. The van der Waals surface area contributed by atoms with Gasteiger partial charge < -0.3 is 10.1 Å². The number of aliphatic imine (C=N–C) groups is 1. The van der Waals surface area contributed by atoms with Gasteiger partial charge in [0.2, 0.25) is 0 Å². The van der Waals surface area contributed by atoms with Crippen LogP contribution in [0.3, 0.4) is 0 Å². The monoisotopic (exact) mass is 240 g/mol. The molecule has 0 saturated carbocycles. The van der Waals surface area contributed by atoms with Gasteiger partial charge in [-0.25, -0.2) is 4.98 Å². The van der Waals surface area contributed by atoms with Gasteiger partial charge in [-0.3, -0.25) is 9.98 Å². The Morgan fingerprint density at radius 1 is 1.11 bits per heavy atom. The zero-order valence-corrected chi connectivity index (χ0v) is 9.71. The normalized spacial score (nSPS) is 13.2. The summed E-state index contributed by atoms with van der Waals surface area (Å²) >= 11 is 0. The molecule has 0 radical (unpaired) electrons. The van der Waals surface area contributed by atoms with E-state index >= 15 is 0 Å². The summed E-state index contributed by atoms with van der Waals surface area (Å²) < 4.78 is 5.62. The summed E-state index contributed by atoms with van der Waals surface area (Å²) in [4.78, 5) is 12.8. The molecule has 1 N–H and O–H groups in total. The number of benzene rings is 1. The average molecular weight is 240 g/mol. The lowest BCUT2D eigenvalue weighted by atomic mass is 10.3. The van der Waals surface area contributed by atoms with Crippen molar-refractivity contribution in [1.82, 2.24) is 9.97 Å². The second-order valence-corrected chi connectivity index (χ2v) is 3.84. The van der Waals surface area contributed by atoms with Crippen LogP contribution in [0.1, 0.15) is 5.69 Å². The van der Waals surface area contributed by atoms with Crippen LogP contribution in [0, 0.1) is 0 Å². The summed E-state index contributed by atoms with van der Waals surface area (Å²) in [5.74, 6) is 2.36. The van der Waals surface area contributed by atoms with Gasteiger partial charge in [0.05, 0.1) is 6.54 Å². The third-order valence-electron chi connectivity index (χ3n) is 2.58. The maximum atomic E-state index is 5.62. The molecule has 0 atom stereocenters. The van der Waals surface area contributed by atoms with Gasteiger partial charge in [-0.15, -0.1) is 0 Å². The molecule has 0 bridgehead atoms. The fraction of sp³-hybridized carbons (Fsp3) is 0.154. The number of amidine groups is 1. The van der Waals surface area contributed by atoms with Gasteiger partial charge in [0.25, 0.3) is 0 Å². The first-order valence-electron chi connectivity index (χ1n) is 5.70. The molecule has 2 aromatic rings. The van der Waals surface area contributed by atoms with Crippen LogP contribution in [0.5, 0.6) is 5.75 Å². The minimum Gasteiger partial charge on any atom is -0.486 e. The minimum atomic E-state index is 0.403. The quantitative estimate of drug-likeness (QED) is 0.889. The maximum absolute atomic E-state index is 5.62. The molecule has 90 valence electrons. The van der Waals surface area contributed by atoms with Crippen LogP contribution in [0.15, 0.2) is 47.7 Å². The first-order chi connectivity index (χ1) is 8.92. The van der Waals surface area contributed by atoms with Crippen LogP contribution in [0.25, 0.3) is 0 Å². The summed E-state index contributed by atoms with van der Waals surface area (Å²) in [6.45, 7) is 0.948. The molecule has 5 heteroatoms. The van der Waals surface area contributed by atoms with Crippen molar-refractivity contribution < 1.29 is 4.74 Å². The molecule has 0 unspecified atom stereocenters. The van der Waals surface area contributed by atoms with E-state index in [1.807, 2.05) is 30.3 Å². The molecule has 0 saturated heterocycles. The van der Waals surface area contributed by atoms with Crippen molar-refractivity contribution in [3.63, 3.8) is 0 Å². The lowest BCUT2D eigenvalue weighted by Gasteiger charge is -2.16. The number of hydrogen-bond donors (Lipinski definition) is 1. The van der Waals surface area contributed by atoms with Gasteiger partial charge in [-0.1, -0.05) is 18.2 Å².